The van der Waals surface area contributed by atoms with E-state index in [9.17, 15) is 19.2 Å². The number of carbonyl (C=O) groups excluding carboxylic acids is 4. The molecule has 1 N–H and O–H groups in total. The van der Waals surface area contributed by atoms with Crippen LogP contribution in [0.5, 0.6) is 0 Å². The second-order valence-electron chi connectivity index (χ2n) is 12.4. The van der Waals surface area contributed by atoms with Gasteiger partial charge in [0.2, 0.25) is 0 Å². The Morgan fingerprint density at radius 1 is 0.775 bits per heavy atom. The second-order valence-corrected chi connectivity index (χ2v) is 12.4. The van der Waals surface area contributed by atoms with Crippen molar-refractivity contribution in [2.45, 2.75) is 90.5 Å². The van der Waals surface area contributed by atoms with E-state index >= 15 is 0 Å². The number of para-hydroxylation sites is 2. The topological polar surface area (TPSA) is 102 Å². The maximum absolute atomic E-state index is 13.7. The number of fused-ring (bicyclic) bond motifs is 4. The Bertz CT molecular complexity index is 1080. The maximum atomic E-state index is 13.7. The van der Waals surface area contributed by atoms with Crippen molar-refractivity contribution in [1.82, 2.24) is 0 Å². The second kappa shape index (κ2) is 12.7. The van der Waals surface area contributed by atoms with Crippen LogP contribution < -0.4 is 10.2 Å². The van der Waals surface area contributed by atoms with E-state index in [0.29, 0.717) is 29.1 Å². The zero-order chi connectivity index (χ0) is 28.2. The highest BCUT2D eigenvalue weighted by Crippen LogP contribution is 2.55. The smallest absolute Gasteiger partial charge is 0.397 e. The van der Waals surface area contributed by atoms with Crippen molar-refractivity contribution in [3.8, 4) is 0 Å². The first-order chi connectivity index (χ1) is 19.4. The first-order valence-electron chi connectivity index (χ1n) is 15.5. The Morgan fingerprint density at radius 3 is 2.02 bits per heavy atom. The minimum absolute atomic E-state index is 0.0792. The molecule has 0 heterocycles. The van der Waals surface area contributed by atoms with Crippen molar-refractivity contribution in [3.63, 3.8) is 0 Å². The molecule has 1 aromatic carbocycles. The van der Waals surface area contributed by atoms with Crippen LogP contribution in [-0.4, -0.2) is 43.0 Å². The summed E-state index contributed by atoms with van der Waals surface area (Å²) in [7, 11) is 0. The summed E-state index contributed by atoms with van der Waals surface area (Å²) < 4.78 is 10.0. The Labute approximate surface area is 237 Å². The summed E-state index contributed by atoms with van der Waals surface area (Å²) in [6.45, 7) is 3.49. The molecule has 4 fully saturated rings. The SMILES string of the molecule is CCOC(=O)C(=O)Nc1ccccc1N(C(=O)C(=O)OCC)C1CC2CCCC(C1)C2[C@H]1C[C@@H]2CCC[C@@H](C2)C1. The third-order valence-corrected chi connectivity index (χ3v) is 10.0. The van der Waals surface area contributed by atoms with Crippen LogP contribution >= 0.6 is 0 Å². The minimum Gasteiger partial charge on any atom is -0.459 e. The molecule has 4 aliphatic rings. The molecular weight excluding hydrogens is 508 g/mol. The molecule has 0 saturated heterocycles. The van der Waals surface area contributed by atoms with Gasteiger partial charge >= 0.3 is 23.8 Å². The van der Waals surface area contributed by atoms with Crippen LogP contribution in [0.15, 0.2) is 24.3 Å². The van der Waals surface area contributed by atoms with E-state index in [-0.39, 0.29) is 19.3 Å². The van der Waals surface area contributed by atoms with Crippen molar-refractivity contribution in [3.05, 3.63) is 24.3 Å². The minimum atomic E-state index is -0.993. The molecule has 4 bridgehead atoms. The molecule has 1 aromatic rings. The van der Waals surface area contributed by atoms with Gasteiger partial charge < -0.3 is 14.8 Å². The summed E-state index contributed by atoms with van der Waals surface area (Å²) in [6, 6.07) is 6.68. The molecule has 8 nitrogen and oxygen atoms in total. The van der Waals surface area contributed by atoms with Crippen molar-refractivity contribution >= 4 is 35.1 Å². The summed E-state index contributed by atoms with van der Waals surface area (Å²) in [5.74, 6) is 0.710. The van der Waals surface area contributed by atoms with Crippen LogP contribution in [0.2, 0.25) is 0 Å². The number of anilines is 2. The molecule has 0 aliphatic heterocycles. The number of rotatable bonds is 6. The maximum Gasteiger partial charge on any atom is 0.397 e. The van der Waals surface area contributed by atoms with Crippen molar-refractivity contribution in [2.75, 3.05) is 23.4 Å². The zero-order valence-electron chi connectivity index (χ0n) is 23.9. The normalized spacial score (nSPS) is 31.0. The lowest BCUT2D eigenvalue weighted by molar-refractivity contribution is -0.153. The molecule has 2 unspecified atom stereocenters. The zero-order valence-corrected chi connectivity index (χ0v) is 23.9. The number of amides is 2. The van der Waals surface area contributed by atoms with Gasteiger partial charge in [-0.05, 0) is 93.6 Å². The summed E-state index contributed by atoms with van der Waals surface area (Å²) in [5, 5.41) is 2.61. The predicted molar refractivity (Wildman–Crippen MR) is 151 cm³/mol. The molecule has 0 radical (unpaired) electrons. The van der Waals surface area contributed by atoms with Crippen LogP contribution in [0, 0.1) is 35.5 Å². The first kappa shape index (κ1) is 28.6. The average Bonchev–Trinajstić information content (AvgIpc) is 2.93. The summed E-state index contributed by atoms with van der Waals surface area (Å²) >= 11 is 0. The molecule has 0 spiro atoms. The van der Waals surface area contributed by atoms with Gasteiger partial charge in [-0.3, -0.25) is 14.5 Å². The predicted octanol–water partition coefficient (Wildman–Crippen LogP) is 5.50. The number of nitrogens with zero attached hydrogens (tertiary/aromatic N) is 1. The van der Waals surface area contributed by atoms with E-state index < -0.39 is 23.8 Å². The summed E-state index contributed by atoms with van der Waals surface area (Å²) in [6.07, 6.45) is 13.5. The standard InChI is InChI=1S/C32H44N2O6/c1-3-39-31(37)29(35)33-26-13-5-6-14-27(26)34(30(36)32(38)40-4-2)25-18-22-11-8-12-23(19-25)28(22)24-16-20-9-7-10-21(15-20)17-24/h5-6,13-14,20-25,28H,3-4,7-12,15-19H2,1-2H3,(H,33,35)/t20-,21+,22?,23?,24+,25?,28?. The van der Waals surface area contributed by atoms with Crippen molar-refractivity contribution in [1.29, 1.82) is 0 Å². The number of ether oxygens (including phenoxy) is 2. The Balaban J connectivity index is 1.42. The van der Waals surface area contributed by atoms with E-state index in [4.69, 9.17) is 9.47 Å². The van der Waals surface area contributed by atoms with Crippen LogP contribution in [0.3, 0.4) is 0 Å². The fourth-order valence-corrected chi connectivity index (χ4v) is 8.76. The average molecular weight is 553 g/mol. The monoisotopic (exact) mass is 552 g/mol. The Hall–Kier alpha value is -2.90. The number of esters is 2. The molecule has 8 heteroatoms. The number of carbonyl (C=O) groups is 4. The number of hydrogen-bond acceptors (Lipinski definition) is 6. The van der Waals surface area contributed by atoms with Gasteiger partial charge in [-0.1, -0.05) is 50.7 Å². The number of nitrogens with one attached hydrogen (secondary N) is 1. The van der Waals surface area contributed by atoms with Crippen LogP contribution in [0.25, 0.3) is 0 Å². The largest absolute Gasteiger partial charge is 0.459 e. The molecule has 4 saturated carbocycles. The van der Waals surface area contributed by atoms with Gasteiger partial charge in [-0.2, -0.15) is 0 Å². The van der Waals surface area contributed by atoms with Crippen LogP contribution in [0.1, 0.15) is 84.5 Å². The third kappa shape index (κ3) is 6.06. The highest BCUT2D eigenvalue weighted by atomic mass is 16.5. The highest BCUT2D eigenvalue weighted by molar-refractivity contribution is 6.40. The van der Waals surface area contributed by atoms with E-state index in [1.807, 2.05) is 0 Å². The van der Waals surface area contributed by atoms with Crippen LogP contribution in [-0.2, 0) is 28.7 Å². The molecule has 0 aromatic heterocycles. The molecule has 218 valence electrons. The molecule has 40 heavy (non-hydrogen) atoms. The Kier molecular flexibility index (Phi) is 9.11. The lowest BCUT2D eigenvalue weighted by Gasteiger charge is -2.53. The molecule has 5 atom stereocenters. The molecular formula is C32H44N2O6. The number of benzene rings is 1. The lowest BCUT2D eigenvalue weighted by Crippen LogP contribution is -2.53. The van der Waals surface area contributed by atoms with Gasteiger partial charge in [0.05, 0.1) is 24.6 Å². The number of hydrogen-bond donors (Lipinski definition) is 1. The van der Waals surface area contributed by atoms with Crippen LogP contribution in [0.4, 0.5) is 11.4 Å². The van der Waals surface area contributed by atoms with Crippen molar-refractivity contribution < 1.29 is 28.7 Å². The fourth-order valence-electron chi connectivity index (χ4n) is 8.76. The summed E-state index contributed by atoms with van der Waals surface area (Å²) in [4.78, 5) is 52.7. The quantitative estimate of drug-likeness (QED) is 0.370. The van der Waals surface area contributed by atoms with E-state index in [0.717, 1.165) is 43.4 Å². The molecule has 2 amide bonds. The van der Waals surface area contributed by atoms with Gasteiger partial charge in [0, 0.05) is 6.04 Å². The van der Waals surface area contributed by atoms with Gasteiger partial charge in [0.15, 0.2) is 0 Å². The van der Waals surface area contributed by atoms with Gasteiger partial charge in [-0.25, -0.2) is 9.59 Å². The first-order valence-corrected chi connectivity index (χ1v) is 15.5. The van der Waals surface area contributed by atoms with E-state index in [1.165, 1.54) is 44.9 Å². The van der Waals surface area contributed by atoms with E-state index in [1.54, 1.807) is 43.0 Å². The molecule has 4 aliphatic carbocycles. The van der Waals surface area contributed by atoms with Crippen molar-refractivity contribution in [2.24, 2.45) is 35.5 Å². The molecule has 5 rings (SSSR count). The fraction of sp³-hybridized carbons (Fsp3) is 0.688. The van der Waals surface area contributed by atoms with Gasteiger partial charge in [0.25, 0.3) is 0 Å². The highest BCUT2D eigenvalue weighted by Gasteiger charge is 2.49. The van der Waals surface area contributed by atoms with E-state index in [2.05, 4.69) is 5.32 Å². The third-order valence-electron chi connectivity index (χ3n) is 10.0. The van der Waals surface area contributed by atoms with Gasteiger partial charge in [0.1, 0.15) is 0 Å². The summed E-state index contributed by atoms with van der Waals surface area (Å²) in [5.41, 5.74) is 0.706. The van der Waals surface area contributed by atoms with Gasteiger partial charge in [-0.15, -0.1) is 0 Å². The Morgan fingerprint density at radius 2 is 1.38 bits per heavy atom. The lowest BCUT2D eigenvalue weighted by atomic mass is 9.54.